The number of hydrogen-bond donors (Lipinski definition) is 0. The lowest BCUT2D eigenvalue weighted by molar-refractivity contribution is -0.137. The number of fused-ring (bicyclic) bond motifs is 5. The monoisotopic (exact) mass is 555 g/mol. The Bertz CT molecular complexity index is 1630. The van der Waals surface area contributed by atoms with E-state index in [4.69, 9.17) is 11.6 Å². The summed E-state index contributed by atoms with van der Waals surface area (Å²) in [7, 11) is 0. The number of halogens is 4. The Hall–Kier alpha value is -3.50. The highest BCUT2D eigenvalue weighted by Gasteiger charge is 2.63. The molecule has 0 radical (unpaired) electrons. The molecule has 0 spiro atoms. The first-order valence-corrected chi connectivity index (χ1v) is 14.4. The predicted octanol–water partition coefficient (Wildman–Crippen LogP) is 9.99. The van der Waals surface area contributed by atoms with Crippen LogP contribution in [0.2, 0.25) is 5.02 Å². The SMILES string of the molecule is FC(F)(F)c1c2n(c3ccc(Cl)cc13)C(c1ccccc1)(c1ccccc1)C1=CC=CC=CC12C1CCCCC1. The van der Waals surface area contributed by atoms with Gasteiger partial charge in [-0.1, -0.05) is 122 Å². The molecule has 5 heteroatoms. The van der Waals surface area contributed by atoms with Gasteiger partial charge >= 0.3 is 6.18 Å². The van der Waals surface area contributed by atoms with E-state index in [1.807, 2.05) is 59.2 Å². The van der Waals surface area contributed by atoms with Crippen LogP contribution >= 0.6 is 11.6 Å². The topological polar surface area (TPSA) is 4.93 Å². The number of nitrogens with zero attached hydrogens (tertiary/aromatic N) is 1. The maximum atomic E-state index is 15.5. The van der Waals surface area contributed by atoms with Crippen LogP contribution in [0.25, 0.3) is 10.9 Å². The van der Waals surface area contributed by atoms with Gasteiger partial charge in [0.05, 0.1) is 16.5 Å². The molecule has 4 aromatic rings. The standard InChI is InChI=1S/C35H29ClF3N/c36-27-20-21-29-28(23-27)31(35(37,38)39)32-33(24-13-5-1-6-14-24)22-12-4-11-19-30(33)34(40(29)32,25-15-7-2-8-16-25)26-17-9-3-10-18-26/h2-4,7-12,15-24H,1,5-6,13-14H2. The minimum absolute atomic E-state index is 0.0255. The molecule has 1 fully saturated rings. The van der Waals surface area contributed by atoms with Crippen molar-refractivity contribution in [1.29, 1.82) is 0 Å². The van der Waals surface area contributed by atoms with E-state index in [0.717, 1.165) is 48.8 Å². The fourth-order valence-corrected chi connectivity index (χ4v) is 8.06. The number of benzene rings is 3. The third-order valence-corrected chi connectivity index (χ3v) is 9.49. The molecule has 3 aliphatic rings. The van der Waals surface area contributed by atoms with Gasteiger partial charge in [0.2, 0.25) is 0 Å². The molecule has 1 unspecified atom stereocenters. The molecule has 0 bridgehead atoms. The Balaban J connectivity index is 1.76. The maximum Gasteiger partial charge on any atom is 0.418 e. The highest BCUT2D eigenvalue weighted by atomic mass is 35.5. The first kappa shape index (κ1) is 25.5. The first-order chi connectivity index (χ1) is 19.4. The molecule has 1 atom stereocenters. The van der Waals surface area contributed by atoms with Crippen molar-refractivity contribution >= 4 is 22.5 Å². The average molecular weight is 556 g/mol. The fourth-order valence-electron chi connectivity index (χ4n) is 7.89. The summed E-state index contributed by atoms with van der Waals surface area (Å²) in [5.74, 6) is 0.0255. The summed E-state index contributed by atoms with van der Waals surface area (Å²) in [5.41, 5.74) is 1.22. The van der Waals surface area contributed by atoms with Crippen LogP contribution in [0.15, 0.2) is 115 Å². The van der Waals surface area contributed by atoms with Crippen molar-refractivity contribution < 1.29 is 13.2 Å². The zero-order valence-electron chi connectivity index (χ0n) is 22.0. The van der Waals surface area contributed by atoms with E-state index in [1.165, 1.54) is 6.07 Å². The zero-order valence-corrected chi connectivity index (χ0v) is 22.7. The molecule has 1 aliphatic heterocycles. The van der Waals surface area contributed by atoms with Crippen molar-refractivity contribution in [2.24, 2.45) is 5.92 Å². The van der Waals surface area contributed by atoms with Crippen LogP contribution < -0.4 is 0 Å². The van der Waals surface area contributed by atoms with Gasteiger partial charge in [0, 0.05) is 16.1 Å². The largest absolute Gasteiger partial charge is 0.418 e. The van der Waals surface area contributed by atoms with Gasteiger partial charge in [0.25, 0.3) is 0 Å². The molecule has 0 saturated heterocycles. The number of hydrogen-bond acceptors (Lipinski definition) is 0. The normalized spacial score (nSPS) is 22.1. The van der Waals surface area contributed by atoms with Crippen LogP contribution in [0.3, 0.4) is 0 Å². The molecule has 1 saturated carbocycles. The van der Waals surface area contributed by atoms with E-state index in [1.54, 1.807) is 12.1 Å². The van der Waals surface area contributed by atoms with Gasteiger partial charge in [0.1, 0.15) is 5.54 Å². The van der Waals surface area contributed by atoms with E-state index in [0.29, 0.717) is 16.2 Å². The van der Waals surface area contributed by atoms with E-state index >= 15 is 13.2 Å². The molecular weight excluding hydrogens is 527 g/mol. The second kappa shape index (κ2) is 9.27. The molecule has 3 aromatic carbocycles. The van der Waals surface area contributed by atoms with Gasteiger partial charge in [0.15, 0.2) is 0 Å². The molecular formula is C35H29ClF3N. The summed E-state index contributed by atoms with van der Waals surface area (Å²) in [4.78, 5) is 0. The minimum Gasteiger partial charge on any atom is -0.325 e. The van der Waals surface area contributed by atoms with Gasteiger partial charge in [-0.05, 0) is 53.7 Å². The molecule has 2 aliphatic carbocycles. The third kappa shape index (κ3) is 3.41. The lowest BCUT2D eigenvalue weighted by atomic mass is 9.59. The van der Waals surface area contributed by atoms with E-state index in [-0.39, 0.29) is 11.3 Å². The minimum atomic E-state index is -4.58. The Labute approximate surface area is 237 Å². The van der Waals surface area contributed by atoms with Crippen LogP contribution in [0, 0.1) is 5.92 Å². The lowest BCUT2D eigenvalue weighted by Crippen LogP contribution is -2.41. The van der Waals surface area contributed by atoms with Crippen LogP contribution in [-0.2, 0) is 17.1 Å². The lowest BCUT2D eigenvalue weighted by Gasteiger charge is -2.43. The average Bonchev–Trinajstić information content (AvgIpc) is 3.32. The molecule has 7 rings (SSSR count). The molecule has 1 nitrogen and oxygen atoms in total. The molecule has 202 valence electrons. The zero-order chi connectivity index (χ0) is 27.5. The highest BCUT2D eigenvalue weighted by molar-refractivity contribution is 6.31. The summed E-state index contributed by atoms with van der Waals surface area (Å²) in [6.07, 6.45) is 10.4. The molecule has 2 heterocycles. The van der Waals surface area contributed by atoms with E-state index in [9.17, 15) is 0 Å². The summed E-state index contributed by atoms with van der Waals surface area (Å²) in [6, 6.07) is 25.1. The van der Waals surface area contributed by atoms with Gasteiger partial charge < -0.3 is 4.57 Å². The van der Waals surface area contributed by atoms with E-state index in [2.05, 4.69) is 36.4 Å². The van der Waals surface area contributed by atoms with Gasteiger partial charge in [-0.15, -0.1) is 0 Å². The van der Waals surface area contributed by atoms with Crippen molar-refractivity contribution in [2.75, 3.05) is 0 Å². The fraction of sp³-hybridized carbons (Fsp3) is 0.257. The third-order valence-electron chi connectivity index (χ3n) is 9.25. The summed E-state index contributed by atoms with van der Waals surface area (Å²) < 4.78 is 48.5. The number of rotatable bonds is 3. The second-order valence-electron chi connectivity index (χ2n) is 11.2. The summed E-state index contributed by atoms with van der Waals surface area (Å²) >= 11 is 6.40. The van der Waals surface area contributed by atoms with Crippen LogP contribution in [-0.4, -0.2) is 4.57 Å². The Morgan fingerprint density at radius 1 is 0.775 bits per heavy atom. The molecule has 0 amide bonds. The summed E-state index contributed by atoms with van der Waals surface area (Å²) in [5, 5.41) is 0.457. The Kier molecular flexibility index (Phi) is 5.90. The summed E-state index contributed by atoms with van der Waals surface area (Å²) in [6.45, 7) is 0. The van der Waals surface area contributed by atoms with Crippen molar-refractivity contribution in [3.8, 4) is 0 Å². The van der Waals surface area contributed by atoms with Gasteiger partial charge in [-0.25, -0.2) is 0 Å². The van der Waals surface area contributed by atoms with Crippen molar-refractivity contribution in [3.63, 3.8) is 0 Å². The maximum absolute atomic E-state index is 15.5. The van der Waals surface area contributed by atoms with Crippen molar-refractivity contribution in [3.05, 3.63) is 142 Å². The predicted molar refractivity (Wildman–Crippen MR) is 156 cm³/mol. The second-order valence-corrected chi connectivity index (χ2v) is 11.6. The highest BCUT2D eigenvalue weighted by Crippen LogP contribution is 2.65. The molecule has 0 N–H and O–H groups in total. The van der Waals surface area contributed by atoms with Crippen LogP contribution in [0.4, 0.5) is 13.2 Å². The quantitative estimate of drug-likeness (QED) is 0.237. The molecule has 1 aromatic heterocycles. The van der Waals surface area contributed by atoms with Crippen molar-refractivity contribution in [2.45, 2.75) is 49.2 Å². The van der Waals surface area contributed by atoms with E-state index < -0.39 is 22.7 Å². The van der Waals surface area contributed by atoms with Crippen molar-refractivity contribution in [1.82, 2.24) is 4.57 Å². The molecule has 40 heavy (non-hydrogen) atoms. The smallest absolute Gasteiger partial charge is 0.325 e. The Morgan fingerprint density at radius 2 is 1.43 bits per heavy atom. The van der Waals surface area contributed by atoms with Crippen LogP contribution in [0.1, 0.15) is 54.5 Å². The Morgan fingerprint density at radius 3 is 2.05 bits per heavy atom. The number of aromatic nitrogens is 1. The first-order valence-electron chi connectivity index (χ1n) is 14.0. The van der Waals surface area contributed by atoms with Crippen LogP contribution in [0.5, 0.6) is 0 Å². The number of allylic oxidation sites excluding steroid dienone is 6. The number of alkyl halides is 3. The van der Waals surface area contributed by atoms with Gasteiger partial charge in [-0.2, -0.15) is 13.2 Å². The van der Waals surface area contributed by atoms with Gasteiger partial charge in [-0.3, -0.25) is 0 Å².